The summed E-state index contributed by atoms with van der Waals surface area (Å²) in [7, 11) is -1.01. The van der Waals surface area contributed by atoms with Crippen LogP contribution in [-0.4, -0.2) is 30.8 Å². The Morgan fingerprint density at radius 3 is 3.00 bits per heavy atom. The van der Waals surface area contributed by atoms with E-state index in [0.29, 0.717) is 13.3 Å². The number of nitrogens with zero attached hydrogens (tertiary/aromatic N) is 3. The van der Waals surface area contributed by atoms with E-state index in [-0.39, 0.29) is 0 Å². The largest absolute Gasteiger partial charge is 0.360 e. The third-order valence-corrected chi connectivity index (χ3v) is 5.23. The Morgan fingerprint density at radius 1 is 1.50 bits per heavy atom. The van der Waals surface area contributed by atoms with Crippen LogP contribution in [0, 0.1) is 3.70 Å². The summed E-state index contributed by atoms with van der Waals surface area (Å²) in [5, 5.41) is 7.61. The second-order valence-corrected chi connectivity index (χ2v) is 12.2. The number of rotatable bonds is 5. The molecule has 1 N–H and O–H groups in total. The van der Waals surface area contributed by atoms with Gasteiger partial charge < -0.3 is 10.1 Å². The maximum absolute atomic E-state index is 5.73. The molecule has 1 aromatic rings. The Kier molecular flexibility index (Phi) is 4.44. The molecule has 0 atom stereocenters. The van der Waals surface area contributed by atoms with Gasteiger partial charge in [-0.25, -0.2) is 4.68 Å². The Labute approximate surface area is 122 Å². The lowest BCUT2D eigenvalue weighted by Gasteiger charge is -2.16. The highest BCUT2D eigenvalue weighted by molar-refractivity contribution is 14.1. The van der Waals surface area contributed by atoms with Crippen LogP contribution in [-0.2, 0) is 18.0 Å². The van der Waals surface area contributed by atoms with Crippen molar-refractivity contribution in [3.8, 4) is 0 Å². The van der Waals surface area contributed by atoms with Crippen LogP contribution < -0.4 is 5.32 Å². The summed E-state index contributed by atoms with van der Waals surface area (Å²) in [6.45, 7) is 9.08. The predicted octanol–water partition coefficient (Wildman–Crippen LogP) is 2.75. The zero-order valence-electron chi connectivity index (χ0n) is 11.0. The fourth-order valence-corrected chi connectivity index (χ4v) is 3.13. The van der Waals surface area contributed by atoms with Crippen LogP contribution in [0.15, 0.2) is 4.99 Å². The van der Waals surface area contributed by atoms with E-state index in [0.717, 1.165) is 21.7 Å². The van der Waals surface area contributed by atoms with E-state index in [1.165, 1.54) is 6.04 Å². The summed E-state index contributed by atoms with van der Waals surface area (Å²) in [5.41, 5.74) is 2.18. The number of halogens is 1. The van der Waals surface area contributed by atoms with Crippen LogP contribution in [0.2, 0.25) is 25.7 Å². The number of hydrogen-bond acceptors (Lipinski definition) is 4. The van der Waals surface area contributed by atoms with Gasteiger partial charge in [0, 0.05) is 14.7 Å². The van der Waals surface area contributed by atoms with Crippen molar-refractivity contribution in [2.24, 2.45) is 4.99 Å². The van der Waals surface area contributed by atoms with Crippen molar-refractivity contribution in [3.63, 3.8) is 0 Å². The molecule has 2 heterocycles. The first kappa shape index (κ1) is 14.0. The average molecular weight is 378 g/mol. The highest BCUT2D eigenvalue weighted by atomic mass is 127. The van der Waals surface area contributed by atoms with Crippen molar-refractivity contribution in [2.75, 3.05) is 11.9 Å². The van der Waals surface area contributed by atoms with Crippen LogP contribution in [0.1, 0.15) is 5.69 Å². The molecule has 18 heavy (non-hydrogen) atoms. The van der Waals surface area contributed by atoms with Gasteiger partial charge in [0.2, 0.25) is 0 Å². The number of aromatic nitrogens is 2. The van der Waals surface area contributed by atoms with Gasteiger partial charge in [0.05, 0.1) is 24.3 Å². The molecule has 2 rings (SSSR count). The molecule has 0 spiro atoms. The molecule has 0 amide bonds. The SMILES string of the molecule is C[Si](C)(C)CCOCn1nc(I)c2c1CN=CN2. The maximum atomic E-state index is 5.73. The molecule has 7 heteroatoms. The molecule has 0 fully saturated rings. The van der Waals surface area contributed by atoms with Crippen molar-refractivity contribution in [1.29, 1.82) is 0 Å². The third-order valence-electron chi connectivity index (χ3n) is 2.77. The summed E-state index contributed by atoms with van der Waals surface area (Å²) in [4.78, 5) is 4.21. The molecule has 0 bridgehead atoms. The molecular weight excluding hydrogens is 359 g/mol. The fraction of sp³-hybridized carbons (Fsp3) is 0.636. The molecule has 0 unspecified atom stereocenters. The quantitative estimate of drug-likeness (QED) is 0.487. The van der Waals surface area contributed by atoms with Crippen molar-refractivity contribution >= 4 is 42.7 Å². The highest BCUT2D eigenvalue weighted by Gasteiger charge is 2.18. The number of nitrogens with one attached hydrogen (secondary N) is 1. The fourth-order valence-electron chi connectivity index (χ4n) is 1.65. The van der Waals surface area contributed by atoms with Crippen molar-refractivity contribution < 1.29 is 4.74 Å². The van der Waals surface area contributed by atoms with Gasteiger partial charge >= 0.3 is 0 Å². The Hall–Kier alpha value is -0.413. The molecule has 5 nitrogen and oxygen atoms in total. The smallest absolute Gasteiger partial charge is 0.147 e. The monoisotopic (exact) mass is 378 g/mol. The Balaban J connectivity index is 1.91. The van der Waals surface area contributed by atoms with Gasteiger partial charge in [-0.1, -0.05) is 19.6 Å². The summed E-state index contributed by atoms with van der Waals surface area (Å²) >= 11 is 2.23. The van der Waals surface area contributed by atoms with E-state index >= 15 is 0 Å². The van der Waals surface area contributed by atoms with Crippen LogP contribution in [0.25, 0.3) is 0 Å². The minimum Gasteiger partial charge on any atom is -0.360 e. The van der Waals surface area contributed by atoms with Crippen LogP contribution >= 0.6 is 22.6 Å². The van der Waals surface area contributed by atoms with Gasteiger partial charge in [-0.15, -0.1) is 0 Å². The van der Waals surface area contributed by atoms with Gasteiger partial charge in [-0.3, -0.25) is 4.99 Å². The first-order chi connectivity index (χ1) is 8.47. The summed E-state index contributed by atoms with van der Waals surface area (Å²) in [6, 6.07) is 1.18. The zero-order valence-corrected chi connectivity index (χ0v) is 14.2. The van der Waals surface area contributed by atoms with Crippen LogP contribution in [0.5, 0.6) is 0 Å². The second-order valence-electron chi connectivity index (χ2n) is 5.57. The first-order valence-corrected chi connectivity index (χ1v) is 10.8. The van der Waals surface area contributed by atoms with E-state index in [1.807, 2.05) is 4.68 Å². The molecule has 0 aromatic carbocycles. The summed E-state index contributed by atoms with van der Waals surface area (Å²) < 4.78 is 8.61. The zero-order chi connectivity index (χ0) is 13.2. The van der Waals surface area contributed by atoms with Gasteiger partial charge in [-0.2, -0.15) is 5.10 Å². The van der Waals surface area contributed by atoms with Crippen molar-refractivity contribution in [3.05, 3.63) is 9.39 Å². The van der Waals surface area contributed by atoms with Crippen LogP contribution in [0.4, 0.5) is 5.69 Å². The van der Waals surface area contributed by atoms with Crippen molar-refractivity contribution in [2.45, 2.75) is 39.0 Å². The number of fused-ring (bicyclic) bond motifs is 1. The molecule has 1 aliphatic heterocycles. The third kappa shape index (κ3) is 3.54. The normalized spacial score (nSPS) is 14.4. The van der Waals surface area contributed by atoms with E-state index in [4.69, 9.17) is 4.74 Å². The van der Waals surface area contributed by atoms with E-state index < -0.39 is 8.07 Å². The van der Waals surface area contributed by atoms with Crippen molar-refractivity contribution in [1.82, 2.24) is 9.78 Å². The minimum absolute atomic E-state index is 0.521. The second kappa shape index (κ2) is 5.70. The van der Waals surface area contributed by atoms with Gasteiger partial charge in [0.1, 0.15) is 10.4 Å². The van der Waals surface area contributed by atoms with Crippen LogP contribution in [0.3, 0.4) is 0 Å². The average Bonchev–Trinajstić information content (AvgIpc) is 2.62. The van der Waals surface area contributed by atoms with Gasteiger partial charge in [0.25, 0.3) is 0 Å². The highest BCUT2D eigenvalue weighted by Crippen LogP contribution is 2.25. The Morgan fingerprint density at radius 2 is 2.28 bits per heavy atom. The predicted molar refractivity (Wildman–Crippen MR) is 84.9 cm³/mol. The summed E-state index contributed by atoms with van der Waals surface area (Å²) in [5.74, 6) is 0. The molecule has 0 saturated heterocycles. The molecule has 0 radical (unpaired) electrons. The lowest BCUT2D eigenvalue weighted by atomic mass is 10.3. The maximum Gasteiger partial charge on any atom is 0.147 e. The first-order valence-electron chi connectivity index (χ1n) is 6.05. The lowest BCUT2D eigenvalue weighted by Crippen LogP contribution is -2.22. The molecular formula is C11H19IN4OSi. The molecule has 1 aliphatic rings. The summed E-state index contributed by atoms with van der Waals surface area (Å²) in [6.07, 6.45) is 1.72. The Bertz CT molecular complexity index is 453. The molecule has 100 valence electrons. The lowest BCUT2D eigenvalue weighted by molar-refractivity contribution is 0.0763. The van der Waals surface area contributed by atoms with Gasteiger partial charge in [-0.05, 0) is 28.6 Å². The topological polar surface area (TPSA) is 51.4 Å². The number of anilines is 1. The van der Waals surface area contributed by atoms with E-state index in [9.17, 15) is 0 Å². The van der Waals surface area contributed by atoms with E-state index in [2.05, 4.69) is 57.6 Å². The number of aliphatic imine (C=N–C) groups is 1. The minimum atomic E-state index is -1.01. The number of ether oxygens (including phenoxy) is 1. The van der Waals surface area contributed by atoms with Gasteiger partial charge in [0.15, 0.2) is 0 Å². The molecule has 0 saturated carbocycles. The molecule has 0 aliphatic carbocycles. The standard InChI is InChI=1S/C11H19IN4OSi/c1-18(2,3)5-4-17-8-16-9-6-13-7-14-10(9)11(12)15-16/h7H,4-6,8H2,1-3H3,(H,13,14). The molecule has 1 aromatic heterocycles. The number of hydrogen-bond donors (Lipinski definition) is 1. The van der Waals surface area contributed by atoms with E-state index in [1.54, 1.807) is 6.34 Å².